The van der Waals surface area contributed by atoms with Gasteiger partial charge in [-0.25, -0.2) is 0 Å². The van der Waals surface area contributed by atoms with Crippen molar-refractivity contribution >= 4 is 19.8 Å². The van der Waals surface area contributed by atoms with Crippen molar-refractivity contribution in [2.24, 2.45) is 52.3 Å². The Bertz CT molecular complexity index is 581. The summed E-state index contributed by atoms with van der Waals surface area (Å²) in [6.07, 6.45) is 18.7. The quantitative estimate of drug-likeness (QED) is 0.306. The first-order valence-electron chi connectivity index (χ1n) is 14.2. The summed E-state index contributed by atoms with van der Waals surface area (Å²) in [7, 11) is 0. The van der Waals surface area contributed by atoms with Crippen LogP contribution in [0.15, 0.2) is 0 Å². The Labute approximate surface area is 196 Å². The van der Waals surface area contributed by atoms with E-state index in [0.717, 1.165) is 41.4 Å². The maximum absolute atomic E-state index is 2.78. The topological polar surface area (TPSA) is 0 Å². The van der Waals surface area contributed by atoms with Crippen LogP contribution in [-0.4, -0.2) is 19.8 Å². The predicted molar refractivity (Wildman–Crippen MR) is 136 cm³/mol. The summed E-state index contributed by atoms with van der Waals surface area (Å²) in [4.78, 5) is 5.38. The Hall–Kier alpha value is 0.799. The first-order chi connectivity index (χ1) is 14.2. The second-order valence-electron chi connectivity index (χ2n) is 14.0. The van der Waals surface area contributed by atoms with Crippen molar-refractivity contribution in [2.75, 3.05) is 0 Å². The van der Waals surface area contributed by atoms with Crippen LogP contribution in [0.4, 0.5) is 0 Å². The molecule has 0 radical (unpaired) electrons. The predicted octanol–water partition coefficient (Wildman–Crippen LogP) is 8.96. The van der Waals surface area contributed by atoms with Gasteiger partial charge in [-0.3, -0.25) is 0 Å². The molecule has 1 heteroatoms. The molecule has 0 spiro atoms. The first-order valence-corrected chi connectivity index (χ1v) is 22.7. The van der Waals surface area contributed by atoms with Crippen molar-refractivity contribution in [3.05, 3.63) is 0 Å². The van der Waals surface area contributed by atoms with E-state index in [1.54, 1.807) is 57.8 Å². The molecular weight excluding hydrogens is 467 g/mol. The van der Waals surface area contributed by atoms with E-state index < -0.39 is 19.8 Å². The third-order valence-corrected chi connectivity index (χ3v) is 19.0. The molecule has 0 bridgehead atoms. The Kier molecular flexibility index (Phi) is 7.35. The van der Waals surface area contributed by atoms with Crippen molar-refractivity contribution < 1.29 is 0 Å². The summed E-state index contributed by atoms with van der Waals surface area (Å²) in [5.74, 6) is 7.17. The third kappa shape index (κ3) is 4.20. The van der Waals surface area contributed by atoms with E-state index in [1.807, 2.05) is 0 Å². The van der Waals surface area contributed by atoms with E-state index in [9.17, 15) is 0 Å². The van der Waals surface area contributed by atoms with Crippen LogP contribution in [0, 0.1) is 52.3 Å². The fourth-order valence-corrected chi connectivity index (χ4v) is 14.8. The minimum atomic E-state index is -1.15. The van der Waals surface area contributed by atoms with Gasteiger partial charge in [-0.05, 0) is 5.92 Å². The maximum atomic E-state index is 2.78. The molecule has 4 aliphatic rings. The Balaban J connectivity index is 1.45. The van der Waals surface area contributed by atoms with Gasteiger partial charge >= 0.3 is 171 Å². The molecule has 0 aliphatic heterocycles. The summed E-state index contributed by atoms with van der Waals surface area (Å²) in [6, 6.07) is 0. The zero-order valence-corrected chi connectivity index (χ0v) is 25.0. The number of fused-ring (bicyclic) bond motifs is 5. The van der Waals surface area contributed by atoms with E-state index in [1.165, 1.54) is 23.2 Å². The Morgan fingerprint density at radius 3 is 2.20 bits per heavy atom. The van der Waals surface area contributed by atoms with Gasteiger partial charge < -0.3 is 0 Å². The fraction of sp³-hybridized carbons (Fsp3) is 1.00. The molecular formula is C29H54Sn. The SMILES string of the molecule is CC(C)CCC[C@@H](C)[C@H]1CC[C@H]2[C@@H]3CCC4C[CH]([SnH]([CH3])[CH3])CC[C@]4(C)[C@H]3CC[C@]12C. The van der Waals surface area contributed by atoms with E-state index >= 15 is 0 Å². The van der Waals surface area contributed by atoms with Crippen molar-refractivity contribution in [1.82, 2.24) is 0 Å². The fourth-order valence-electron chi connectivity index (χ4n) is 9.92. The molecule has 2 unspecified atom stereocenters. The Morgan fingerprint density at radius 1 is 0.800 bits per heavy atom. The van der Waals surface area contributed by atoms with Crippen molar-refractivity contribution in [3.8, 4) is 0 Å². The molecule has 0 heterocycles. The number of hydrogen-bond acceptors (Lipinski definition) is 0. The molecule has 4 saturated carbocycles. The monoisotopic (exact) mass is 522 g/mol. The van der Waals surface area contributed by atoms with Gasteiger partial charge in [0.05, 0.1) is 0 Å². The molecule has 0 amide bonds. The average Bonchev–Trinajstić information content (AvgIpc) is 3.04. The van der Waals surface area contributed by atoms with Crippen molar-refractivity contribution in [2.45, 2.75) is 125 Å². The van der Waals surface area contributed by atoms with Gasteiger partial charge in [0.1, 0.15) is 0 Å². The van der Waals surface area contributed by atoms with Crippen LogP contribution in [0.1, 0.15) is 112 Å². The Morgan fingerprint density at radius 2 is 1.50 bits per heavy atom. The molecule has 0 N–H and O–H groups in total. The van der Waals surface area contributed by atoms with Gasteiger partial charge in [-0.15, -0.1) is 0 Å². The van der Waals surface area contributed by atoms with Crippen LogP contribution >= 0.6 is 0 Å². The van der Waals surface area contributed by atoms with Crippen LogP contribution in [0.25, 0.3) is 0 Å². The zero-order chi connectivity index (χ0) is 21.7. The van der Waals surface area contributed by atoms with E-state index in [-0.39, 0.29) is 0 Å². The van der Waals surface area contributed by atoms with Crippen LogP contribution < -0.4 is 0 Å². The molecule has 0 aromatic heterocycles. The van der Waals surface area contributed by atoms with Gasteiger partial charge in [0.25, 0.3) is 0 Å². The second-order valence-corrected chi connectivity index (χ2v) is 23.8. The van der Waals surface area contributed by atoms with Gasteiger partial charge in [0, 0.05) is 0 Å². The van der Waals surface area contributed by atoms with Gasteiger partial charge in [-0.1, -0.05) is 20.3 Å². The number of rotatable bonds is 6. The summed E-state index contributed by atoms with van der Waals surface area (Å²) < 4.78 is 1.22. The van der Waals surface area contributed by atoms with Crippen molar-refractivity contribution in [1.29, 1.82) is 0 Å². The molecule has 0 aromatic carbocycles. The molecule has 0 saturated heterocycles. The van der Waals surface area contributed by atoms with Gasteiger partial charge in [0.2, 0.25) is 0 Å². The minimum absolute atomic E-state index is 0.674. The summed E-state index contributed by atoms with van der Waals surface area (Å²) >= 11 is -1.15. The molecule has 30 heavy (non-hydrogen) atoms. The van der Waals surface area contributed by atoms with Crippen LogP contribution in [-0.2, 0) is 0 Å². The standard InChI is InChI=1S/C27H47.2CH3.Sn.H/c1-19(2)9-8-10-20(3)23-14-15-24-22-13-12-21-11-6-7-17-26(21,4)25(22)16-18-27(23,24)5;;;;/h6,19-25H,7-18H2,1-5H3;2*1H3;;/t20-,21?,22+,23-,24+,25+,26+,27-;;;;/m1..../s1. The molecule has 0 aromatic rings. The molecule has 4 fully saturated rings. The summed E-state index contributed by atoms with van der Waals surface area (Å²) in [6.45, 7) is 13.0. The molecule has 9 atom stereocenters. The summed E-state index contributed by atoms with van der Waals surface area (Å²) in [5.41, 5.74) is 1.38. The zero-order valence-electron chi connectivity index (χ0n) is 21.7. The molecule has 4 rings (SSSR count). The van der Waals surface area contributed by atoms with E-state index in [4.69, 9.17) is 0 Å². The van der Waals surface area contributed by atoms with Gasteiger partial charge in [0.15, 0.2) is 0 Å². The second kappa shape index (κ2) is 9.21. The van der Waals surface area contributed by atoms with E-state index in [0.29, 0.717) is 10.8 Å². The molecule has 0 nitrogen and oxygen atoms in total. The van der Waals surface area contributed by atoms with Crippen LogP contribution in [0.5, 0.6) is 0 Å². The number of hydrogen-bond donors (Lipinski definition) is 0. The first kappa shape index (κ1) is 23.9. The van der Waals surface area contributed by atoms with Crippen molar-refractivity contribution in [3.63, 3.8) is 0 Å². The molecule has 174 valence electrons. The van der Waals surface area contributed by atoms with Crippen LogP contribution in [0.3, 0.4) is 0 Å². The van der Waals surface area contributed by atoms with Crippen LogP contribution in [0.2, 0.25) is 13.8 Å². The third-order valence-electron chi connectivity index (χ3n) is 11.9. The van der Waals surface area contributed by atoms with Gasteiger partial charge in [-0.2, -0.15) is 0 Å². The van der Waals surface area contributed by atoms with E-state index in [2.05, 4.69) is 44.5 Å². The normalized spacial score (nSPS) is 47.1. The summed E-state index contributed by atoms with van der Waals surface area (Å²) in [5, 5.41) is 0. The molecule has 4 aliphatic carbocycles. The average molecular weight is 521 g/mol.